The summed E-state index contributed by atoms with van der Waals surface area (Å²) < 4.78 is 0. The van der Waals surface area contributed by atoms with Crippen LogP contribution >= 0.6 is 0 Å². The number of hydrogen-bond donors (Lipinski definition) is 2. The monoisotopic (exact) mass is 451 g/mol. The molecule has 0 radical (unpaired) electrons. The Balaban J connectivity index is -0.0000000718. The average molecular weight is 451 g/mol. The maximum Gasteiger partial charge on any atom is 0.00294 e. The molecule has 0 unspecified atom stereocenters. The molecule has 4 N–H and O–H groups in total. The Bertz CT molecular complexity index is 269. The molecular formula is C27H70N4. The van der Waals surface area contributed by atoms with E-state index in [0.717, 1.165) is 11.8 Å². The summed E-state index contributed by atoms with van der Waals surface area (Å²) in [5.74, 6) is 1.79. The minimum Gasteiger partial charge on any atom is -0.333 e. The van der Waals surface area contributed by atoms with Gasteiger partial charge in [0.2, 0.25) is 0 Å². The van der Waals surface area contributed by atoms with Gasteiger partial charge in [0.25, 0.3) is 0 Å². The van der Waals surface area contributed by atoms with Crippen LogP contribution in [0.2, 0.25) is 0 Å². The highest BCUT2D eigenvalue weighted by Gasteiger charge is 2.37. The molecule has 0 atom stereocenters. The van der Waals surface area contributed by atoms with Gasteiger partial charge in [0, 0.05) is 13.1 Å². The smallest absolute Gasteiger partial charge is 0.00294 e. The zero-order valence-corrected chi connectivity index (χ0v) is 25.7. The first kappa shape index (κ1) is 44.5. The van der Waals surface area contributed by atoms with Crippen LogP contribution in [0.15, 0.2) is 0 Å². The van der Waals surface area contributed by atoms with E-state index in [-0.39, 0.29) is 0 Å². The fourth-order valence-electron chi connectivity index (χ4n) is 4.54. The molecular weight excluding hydrogens is 380 g/mol. The van der Waals surface area contributed by atoms with Crippen LogP contribution in [-0.2, 0) is 0 Å². The quantitative estimate of drug-likeness (QED) is 0.465. The molecule has 0 aromatic heterocycles. The van der Waals surface area contributed by atoms with E-state index < -0.39 is 0 Å². The van der Waals surface area contributed by atoms with Crippen molar-refractivity contribution in [3.63, 3.8) is 0 Å². The van der Waals surface area contributed by atoms with Gasteiger partial charge in [0.05, 0.1) is 0 Å². The van der Waals surface area contributed by atoms with Crippen molar-refractivity contribution in [3.05, 3.63) is 0 Å². The van der Waals surface area contributed by atoms with Crippen molar-refractivity contribution in [2.45, 2.75) is 102 Å². The Kier molecular flexibility index (Phi) is 42.8. The van der Waals surface area contributed by atoms with Gasteiger partial charge in [0.1, 0.15) is 0 Å². The second-order valence-electron chi connectivity index (χ2n) is 9.56. The van der Waals surface area contributed by atoms with Crippen molar-refractivity contribution < 1.29 is 0 Å². The lowest BCUT2D eigenvalue weighted by molar-refractivity contribution is 0.0561. The molecule has 31 heavy (non-hydrogen) atoms. The number of nitrogens with zero attached hydrogens (tertiary/aromatic N) is 2. The number of rotatable bonds is 6. The first-order valence-corrected chi connectivity index (χ1v) is 12.8. The lowest BCUT2D eigenvalue weighted by Gasteiger charge is -2.45. The summed E-state index contributed by atoms with van der Waals surface area (Å²) >= 11 is 0. The molecule has 0 aliphatic heterocycles. The van der Waals surface area contributed by atoms with Gasteiger partial charge in [-0.05, 0) is 84.2 Å². The molecule has 4 heteroatoms. The van der Waals surface area contributed by atoms with Gasteiger partial charge in [-0.2, -0.15) is 0 Å². The predicted molar refractivity (Wildman–Crippen MR) is 151 cm³/mol. The molecule has 198 valence electrons. The number of nitrogens with two attached hydrogens (primary N) is 2. The van der Waals surface area contributed by atoms with Gasteiger partial charge in [-0.1, -0.05) is 83.1 Å². The van der Waals surface area contributed by atoms with E-state index in [2.05, 4.69) is 91.0 Å². The largest absolute Gasteiger partial charge is 0.333 e. The number of hydrogen-bond acceptors (Lipinski definition) is 4. The summed E-state index contributed by atoms with van der Waals surface area (Å²) in [4.78, 5) is 4.56. The lowest BCUT2D eigenvalue weighted by Crippen LogP contribution is -2.41. The van der Waals surface area contributed by atoms with E-state index in [1.165, 1.54) is 46.4 Å². The van der Waals surface area contributed by atoms with E-state index in [9.17, 15) is 0 Å². The zero-order chi connectivity index (χ0) is 26.8. The average Bonchev–Trinajstić information content (AvgIpc) is 2.66. The fourth-order valence-corrected chi connectivity index (χ4v) is 4.54. The fraction of sp³-hybridized carbons (Fsp3) is 1.00. The molecule has 1 fully saturated rings. The summed E-state index contributed by atoms with van der Waals surface area (Å²) in [7, 11) is 11.6. The minimum atomic E-state index is 0.470. The van der Waals surface area contributed by atoms with Crippen molar-refractivity contribution in [1.29, 1.82) is 0 Å². The van der Waals surface area contributed by atoms with Crippen LogP contribution in [0.4, 0.5) is 0 Å². The van der Waals surface area contributed by atoms with Crippen molar-refractivity contribution >= 4 is 0 Å². The van der Waals surface area contributed by atoms with Crippen LogP contribution in [0.3, 0.4) is 0 Å². The molecule has 0 aromatic carbocycles. The summed E-state index contributed by atoms with van der Waals surface area (Å²) in [6.45, 7) is 28.4. The summed E-state index contributed by atoms with van der Waals surface area (Å²) in [6, 6.07) is 0. The predicted octanol–water partition coefficient (Wildman–Crippen LogP) is 6.83. The van der Waals surface area contributed by atoms with Crippen LogP contribution in [-0.4, -0.2) is 65.2 Å². The molecule has 1 saturated carbocycles. The lowest BCUT2D eigenvalue weighted by atomic mass is 9.64. The van der Waals surface area contributed by atoms with Crippen LogP contribution in [0.5, 0.6) is 0 Å². The second kappa shape index (κ2) is 29.8. The third-order valence-electron chi connectivity index (χ3n) is 4.09. The van der Waals surface area contributed by atoms with Crippen LogP contribution in [0.25, 0.3) is 0 Å². The third kappa shape index (κ3) is 37.5. The minimum absolute atomic E-state index is 0.470. The Morgan fingerprint density at radius 1 is 0.806 bits per heavy atom. The van der Waals surface area contributed by atoms with Crippen molar-refractivity contribution in [3.8, 4) is 0 Å². The van der Waals surface area contributed by atoms with Crippen LogP contribution in [0, 0.1) is 22.7 Å². The Labute approximate surface area is 201 Å². The van der Waals surface area contributed by atoms with Gasteiger partial charge in [-0.15, -0.1) is 0 Å². The Morgan fingerprint density at radius 3 is 1.32 bits per heavy atom. The van der Waals surface area contributed by atoms with Gasteiger partial charge < -0.3 is 21.3 Å². The van der Waals surface area contributed by atoms with Crippen molar-refractivity contribution in [1.82, 2.24) is 9.80 Å². The molecule has 0 bridgehead atoms. The van der Waals surface area contributed by atoms with Crippen LogP contribution in [0.1, 0.15) is 102 Å². The van der Waals surface area contributed by atoms with E-state index in [0.29, 0.717) is 10.8 Å². The standard InChI is InChI=1S/C10H23N.C9H19N.3C2H6.2CH5N/c1-9(2)7-10(3,4)8-11(5)6;1-8-5-9(2,6-8)7-10(3)4;5*1-2/h9H,7-8H2,1-6H3;8H,5-7H2,1-4H3;3*1-2H3;2*2H2,1H3. The molecule has 0 amide bonds. The van der Waals surface area contributed by atoms with Crippen molar-refractivity contribution in [2.24, 2.45) is 34.1 Å². The third-order valence-corrected chi connectivity index (χ3v) is 4.09. The summed E-state index contributed by atoms with van der Waals surface area (Å²) in [6.07, 6.45) is 4.15. The molecule has 0 heterocycles. The summed E-state index contributed by atoms with van der Waals surface area (Å²) in [5.41, 5.74) is 10.1. The maximum absolute atomic E-state index is 4.50. The van der Waals surface area contributed by atoms with Gasteiger partial charge in [-0.3, -0.25) is 0 Å². The topological polar surface area (TPSA) is 58.5 Å². The van der Waals surface area contributed by atoms with E-state index in [1.54, 1.807) is 0 Å². The van der Waals surface area contributed by atoms with Crippen LogP contribution < -0.4 is 11.5 Å². The van der Waals surface area contributed by atoms with Gasteiger partial charge in [-0.25, -0.2) is 0 Å². The highest BCUT2D eigenvalue weighted by molar-refractivity contribution is 4.89. The molecule has 0 spiro atoms. The molecule has 1 rings (SSSR count). The Hall–Kier alpha value is -0.160. The van der Waals surface area contributed by atoms with E-state index >= 15 is 0 Å². The first-order valence-electron chi connectivity index (χ1n) is 12.8. The van der Waals surface area contributed by atoms with E-state index in [4.69, 9.17) is 0 Å². The maximum atomic E-state index is 4.50. The van der Waals surface area contributed by atoms with Gasteiger partial charge >= 0.3 is 0 Å². The molecule has 1 aliphatic rings. The molecule has 1 aliphatic carbocycles. The molecule has 0 aromatic rings. The highest BCUT2D eigenvalue weighted by Crippen LogP contribution is 2.45. The molecule has 0 saturated heterocycles. The molecule has 4 nitrogen and oxygen atoms in total. The SMILES string of the molecule is CC.CC.CC.CC(C)CC(C)(C)CN(C)C.CC1CC(C)(CN(C)C)C1.CN.CN. The zero-order valence-electron chi connectivity index (χ0n) is 25.7. The first-order chi connectivity index (χ1) is 14.4. The van der Waals surface area contributed by atoms with Gasteiger partial charge in [0.15, 0.2) is 0 Å². The van der Waals surface area contributed by atoms with Crippen molar-refractivity contribution in [2.75, 3.05) is 55.4 Å². The van der Waals surface area contributed by atoms with E-state index in [1.807, 2.05) is 41.5 Å². The second-order valence-corrected chi connectivity index (χ2v) is 9.56. The summed E-state index contributed by atoms with van der Waals surface area (Å²) in [5, 5.41) is 0. The Morgan fingerprint density at radius 2 is 1.13 bits per heavy atom. The normalized spacial score (nSPS) is 18.5. The highest BCUT2D eigenvalue weighted by atomic mass is 15.1.